The van der Waals surface area contributed by atoms with Crippen LogP contribution in [0.4, 0.5) is 27.4 Å². The lowest BCUT2D eigenvalue weighted by Crippen LogP contribution is -2.31. The number of amides is 1. The first kappa shape index (κ1) is 33.0. The first-order valence-corrected chi connectivity index (χ1v) is 15.7. The predicted molar refractivity (Wildman–Crippen MR) is 175 cm³/mol. The molecule has 2 aromatic carbocycles. The van der Waals surface area contributed by atoms with Gasteiger partial charge in [-0.1, -0.05) is 35.7 Å². The molecule has 4 rings (SSSR count). The van der Waals surface area contributed by atoms with E-state index in [0.717, 1.165) is 12.5 Å². The number of hydrogen-bond acceptors (Lipinski definition) is 9. The molecule has 0 saturated carbocycles. The highest BCUT2D eigenvalue weighted by Gasteiger charge is 2.19. The normalized spacial score (nSPS) is 12.1. The zero-order valence-electron chi connectivity index (χ0n) is 24.9. The van der Waals surface area contributed by atoms with Crippen molar-refractivity contribution in [1.82, 2.24) is 19.3 Å². The van der Waals surface area contributed by atoms with Gasteiger partial charge in [0.1, 0.15) is 35.0 Å². The molecule has 11 nitrogen and oxygen atoms in total. The highest BCUT2D eigenvalue weighted by Crippen LogP contribution is 2.28. The smallest absolute Gasteiger partial charge is 0.259 e. The summed E-state index contributed by atoms with van der Waals surface area (Å²) in [6.07, 6.45) is 5.14. The van der Waals surface area contributed by atoms with Crippen LogP contribution in [0.15, 0.2) is 72.1 Å². The minimum absolute atomic E-state index is 0.143. The summed E-state index contributed by atoms with van der Waals surface area (Å²) in [5, 5.41) is 3.03. The molecule has 1 amide bonds. The van der Waals surface area contributed by atoms with Crippen LogP contribution in [0.5, 0.6) is 0 Å². The van der Waals surface area contributed by atoms with Gasteiger partial charge in [0.05, 0.1) is 34.8 Å². The van der Waals surface area contributed by atoms with E-state index in [0.29, 0.717) is 34.0 Å². The van der Waals surface area contributed by atoms with Crippen LogP contribution in [0.2, 0.25) is 5.02 Å². The average molecular weight is 649 g/mol. The van der Waals surface area contributed by atoms with E-state index in [-0.39, 0.29) is 29.0 Å². The lowest BCUT2D eigenvalue weighted by Gasteiger charge is -2.24. The molecule has 0 aliphatic carbocycles. The second-order valence-corrected chi connectivity index (χ2v) is 12.5. The van der Waals surface area contributed by atoms with Gasteiger partial charge in [0.15, 0.2) is 0 Å². The molecule has 1 atom stereocenters. The number of carbonyl (C=O) groups is 1. The van der Waals surface area contributed by atoms with Crippen molar-refractivity contribution in [3.63, 3.8) is 0 Å². The predicted octanol–water partition coefficient (Wildman–Crippen LogP) is 4.52. The SMILES string of the molecule is C[C@@H](/C=N/c1cccc(Cl)c1C(=O)Nc1cccc(CN(C)S(C)(=O)=O)c1)N(C)c1ncnc(N)c1C#Cc1ccc(F)cn1. The maximum atomic E-state index is 13.4. The van der Waals surface area contributed by atoms with Crippen molar-refractivity contribution < 1.29 is 17.6 Å². The lowest BCUT2D eigenvalue weighted by atomic mass is 10.1. The molecule has 0 saturated heterocycles. The molecule has 45 heavy (non-hydrogen) atoms. The Morgan fingerprint density at radius 3 is 2.60 bits per heavy atom. The van der Waals surface area contributed by atoms with Crippen LogP contribution in [0, 0.1) is 17.7 Å². The van der Waals surface area contributed by atoms with Crippen molar-refractivity contribution >= 4 is 56.8 Å². The molecule has 0 bridgehead atoms. The molecule has 232 valence electrons. The first-order chi connectivity index (χ1) is 21.3. The van der Waals surface area contributed by atoms with Gasteiger partial charge in [-0.3, -0.25) is 9.79 Å². The second kappa shape index (κ2) is 14.3. The van der Waals surface area contributed by atoms with Gasteiger partial charge < -0.3 is 16.0 Å². The number of carbonyl (C=O) groups excluding carboxylic acids is 1. The van der Waals surface area contributed by atoms with E-state index in [1.54, 1.807) is 60.6 Å². The van der Waals surface area contributed by atoms with E-state index in [4.69, 9.17) is 17.3 Å². The van der Waals surface area contributed by atoms with Gasteiger partial charge >= 0.3 is 0 Å². The molecule has 14 heteroatoms. The Bertz CT molecular complexity index is 1910. The third-order valence-electron chi connectivity index (χ3n) is 6.65. The third kappa shape index (κ3) is 8.60. The fourth-order valence-electron chi connectivity index (χ4n) is 3.99. The fourth-order valence-corrected chi connectivity index (χ4v) is 4.63. The summed E-state index contributed by atoms with van der Waals surface area (Å²) in [5.41, 5.74) is 8.48. The van der Waals surface area contributed by atoms with Gasteiger partial charge in [-0.2, -0.15) is 0 Å². The Morgan fingerprint density at radius 1 is 1.13 bits per heavy atom. The summed E-state index contributed by atoms with van der Waals surface area (Å²) in [6.45, 7) is 2.01. The second-order valence-electron chi connectivity index (χ2n) is 10.0. The van der Waals surface area contributed by atoms with Crippen molar-refractivity contribution in [3.8, 4) is 11.8 Å². The van der Waals surface area contributed by atoms with Crippen LogP contribution >= 0.6 is 11.6 Å². The number of hydrogen-bond donors (Lipinski definition) is 2. The zero-order valence-corrected chi connectivity index (χ0v) is 26.4. The number of rotatable bonds is 9. The molecule has 0 radical (unpaired) electrons. The van der Waals surface area contributed by atoms with Gasteiger partial charge in [0, 0.05) is 32.5 Å². The van der Waals surface area contributed by atoms with E-state index < -0.39 is 21.7 Å². The molecule has 0 aliphatic heterocycles. The van der Waals surface area contributed by atoms with Crippen LogP contribution in [0.3, 0.4) is 0 Å². The molecule has 2 aromatic heterocycles. The van der Waals surface area contributed by atoms with E-state index in [2.05, 4.69) is 37.1 Å². The number of sulfonamides is 1. The van der Waals surface area contributed by atoms with Crippen LogP contribution in [-0.2, 0) is 16.6 Å². The highest BCUT2D eigenvalue weighted by atomic mass is 35.5. The molecule has 0 fully saturated rings. The molecule has 2 heterocycles. The topological polar surface area (TPSA) is 147 Å². The van der Waals surface area contributed by atoms with Crippen molar-refractivity contribution in [2.45, 2.75) is 19.5 Å². The van der Waals surface area contributed by atoms with E-state index >= 15 is 0 Å². The monoisotopic (exact) mass is 648 g/mol. The number of nitrogens with zero attached hydrogens (tertiary/aromatic N) is 6. The molecule has 0 aliphatic rings. The summed E-state index contributed by atoms with van der Waals surface area (Å²) in [6, 6.07) is 14.2. The minimum atomic E-state index is -3.37. The maximum absolute atomic E-state index is 13.4. The summed E-state index contributed by atoms with van der Waals surface area (Å²) >= 11 is 6.46. The Labute approximate surface area is 266 Å². The number of halogens is 2. The van der Waals surface area contributed by atoms with Crippen molar-refractivity contribution in [2.24, 2.45) is 4.99 Å². The molecular weight excluding hydrogens is 619 g/mol. The Kier molecular flexibility index (Phi) is 10.5. The summed E-state index contributed by atoms with van der Waals surface area (Å²) < 4.78 is 38.1. The van der Waals surface area contributed by atoms with Crippen LogP contribution in [0.25, 0.3) is 0 Å². The highest BCUT2D eigenvalue weighted by molar-refractivity contribution is 7.88. The van der Waals surface area contributed by atoms with Gasteiger partial charge in [0.25, 0.3) is 5.91 Å². The first-order valence-electron chi connectivity index (χ1n) is 13.4. The van der Waals surface area contributed by atoms with Crippen LogP contribution in [0.1, 0.15) is 34.1 Å². The number of nitrogens with one attached hydrogen (secondary N) is 1. The molecule has 0 unspecified atom stereocenters. The maximum Gasteiger partial charge on any atom is 0.259 e. The standard InChI is InChI=1S/C31H30ClFN8O3S/c1-20(41(3)30-25(29(34)37-19-38-30)14-13-23-12-11-22(33)17-35-23)16-36-27-10-6-9-26(32)28(27)31(42)39-24-8-5-7-21(15-24)18-40(2)45(4,43)44/h5-12,15-17,19-20H,18H2,1-4H3,(H,39,42)(H2,34,37,38)/b36-16+/t20-/m0/s1. The fraction of sp³-hybridized carbons (Fsp3) is 0.194. The largest absolute Gasteiger partial charge is 0.382 e. The van der Waals surface area contributed by atoms with Gasteiger partial charge in [0.2, 0.25) is 10.0 Å². The Hall–Kier alpha value is -4.90. The van der Waals surface area contributed by atoms with E-state index in [1.165, 1.54) is 29.8 Å². The van der Waals surface area contributed by atoms with Gasteiger partial charge in [-0.25, -0.2) is 32.1 Å². The summed E-state index contributed by atoms with van der Waals surface area (Å²) in [5.74, 6) is 5.41. The number of nitrogens with two attached hydrogens (primary N) is 1. The van der Waals surface area contributed by atoms with Crippen LogP contribution < -0.4 is 16.0 Å². The van der Waals surface area contributed by atoms with Crippen LogP contribution in [-0.4, -0.2) is 66.2 Å². The number of pyridine rings is 1. The van der Waals surface area contributed by atoms with Gasteiger partial charge in [-0.15, -0.1) is 0 Å². The lowest BCUT2D eigenvalue weighted by molar-refractivity contribution is 0.102. The third-order valence-corrected chi connectivity index (χ3v) is 8.23. The van der Waals surface area contributed by atoms with Gasteiger partial charge in [-0.05, 0) is 54.8 Å². The van der Waals surface area contributed by atoms with Crippen molar-refractivity contribution in [2.75, 3.05) is 36.3 Å². The molecule has 4 aromatic rings. The minimum Gasteiger partial charge on any atom is -0.382 e. The van der Waals surface area contributed by atoms with Crippen molar-refractivity contribution in [1.29, 1.82) is 0 Å². The zero-order chi connectivity index (χ0) is 32.7. The van der Waals surface area contributed by atoms with E-state index in [1.807, 2.05) is 6.92 Å². The number of nitrogen functional groups attached to an aromatic ring is 1. The van der Waals surface area contributed by atoms with Crippen molar-refractivity contribution in [3.05, 3.63) is 100 Å². The summed E-state index contributed by atoms with van der Waals surface area (Å²) in [7, 11) is -0.118. The quantitative estimate of drug-likeness (QED) is 0.199. The molecular formula is C31H30ClFN8O3S. The Balaban J connectivity index is 1.55. The number of anilines is 3. The number of benzene rings is 2. The van der Waals surface area contributed by atoms with E-state index in [9.17, 15) is 17.6 Å². The molecule has 0 spiro atoms. The number of aromatic nitrogens is 3. The average Bonchev–Trinajstić information content (AvgIpc) is 2.99. The Morgan fingerprint density at radius 2 is 1.89 bits per heavy atom. The number of aliphatic imine (C=N–C) groups is 1. The summed E-state index contributed by atoms with van der Waals surface area (Å²) in [4.78, 5) is 32.1. The molecule has 3 N–H and O–H groups in total.